The zero-order chi connectivity index (χ0) is 16.7. The van der Waals surface area contributed by atoms with Crippen molar-refractivity contribution >= 4 is 23.3 Å². The number of nitrogens with zero attached hydrogens (tertiary/aromatic N) is 1. The number of phenols is 2. The van der Waals surface area contributed by atoms with Crippen molar-refractivity contribution < 1.29 is 15.0 Å². The number of rotatable bonds is 5. The molecule has 2 rings (SSSR count). The lowest BCUT2D eigenvalue weighted by molar-refractivity contribution is -0.117. The highest BCUT2D eigenvalue weighted by Crippen LogP contribution is 2.24. The van der Waals surface area contributed by atoms with Gasteiger partial charge in [0, 0.05) is 11.4 Å². The number of benzene rings is 1. The lowest BCUT2D eigenvalue weighted by Crippen LogP contribution is -2.23. The molecule has 0 aliphatic rings. The Morgan fingerprint density at radius 2 is 2.13 bits per heavy atom. The minimum atomic E-state index is -0.504. The molecule has 1 amide bonds. The lowest BCUT2D eigenvalue weighted by Gasteiger charge is -2.05. The number of allylic oxidation sites excluding steroid dienone is 2. The fourth-order valence-corrected chi connectivity index (χ4v) is 2.37. The minimum absolute atomic E-state index is 0.0131. The maximum atomic E-state index is 11.9. The van der Waals surface area contributed by atoms with Gasteiger partial charge >= 0.3 is 0 Å². The van der Waals surface area contributed by atoms with Gasteiger partial charge in [0.05, 0.1) is 0 Å². The minimum Gasteiger partial charge on any atom is -0.504 e. The molecular formula is C17H14N2O3S. The Hall–Kier alpha value is -3.04. The number of hydrogen-bond acceptors (Lipinski definition) is 5. The molecule has 0 radical (unpaired) electrons. The van der Waals surface area contributed by atoms with Gasteiger partial charge in [0.25, 0.3) is 5.91 Å². The van der Waals surface area contributed by atoms with E-state index < -0.39 is 5.91 Å². The summed E-state index contributed by atoms with van der Waals surface area (Å²) in [5.74, 6) is -0.987. The normalized spacial score (nSPS) is 11.3. The maximum absolute atomic E-state index is 11.9. The SMILES string of the molecule is N#C/C(=C\C=C\c1cccs1)C(=O)NCc1ccc(O)c(O)c1. The first-order valence-electron chi connectivity index (χ1n) is 6.71. The van der Waals surface area contributed by atoms with Crippen molar-refractivity contribution in [2.75, 3.05) is 0 Å². The van der Waals surface area contributed by atoms with Gasteiger partial charge in [-0.25, -0.2) is 0 Å². The van der Waals surface area contributed by atoms with Gasteiger partial charge in [-0.2, -0.15) is 5.26 Å². The number of amides is 1. The van der Waals surface area contributed by atoms with Crippen molar-refractivity contribution in [1.29, 1.82) is 5.26 Å². The van der Waals surface area contributed by atoms with Gasteiger partial charge in [0.1, 0.15) is 11.6 Å². The summed E-state index contributed by atoms with van der Waals surface area (Å²) >= 11 is 1.56. The second kappa shape index (κ2) is 7.82. The van der Waals surface area contributed by atoms with Gasteiger partial charge in [-0.3, -0.25) is 4.79 Å². The third-order valence-electron chi connectivity index (χ3n) is 2.92. The molecule has 3 N–H and O–H groups in total. The summed E-state index contributed by atoms with van der Waals surface area (Å²) in [6.07, 6.45) is 4.91. The van der Waals surface area contributed by atoms with E-state index in [1.54, 1.807) is 23.5 Å². The average molecular weight is 326 g/mol. The highest BCUT2D eigenvalue weighted by atomic mass is 32.1. The molecule has 0 fully saturated rings. The van der Waals surface area contributed by atoms with E-state index in [1.807, 2.05) is 29.7 Å². The Labute approximate surface area is 137 Å². The second-order valence-corrected chi connectivity index (χ2v) is 5.55. The molecule has 0 saturated carbocycles. The van der Waals surface area contributed by atoms with Crippen molar-refractivity contribution in [3.05, 3.63) is 63.9 Å². The standard InChI is InChI=1S/C17H14N2O3S/c18-10-13(3-1-4-14-5-2-8-23-14)17(22)19-11-12-6-7-15(20)16(21)9-12/h1-9,20-21H,11H2,(H,19,22)/b4-1+,13-3+. The largest absolute Gasteiger partial charge is 0.504 e. The summed E-state index contributed by atoms with van der Waals surface area (Å²) < 4.78 is 0. The van der Waals surface area contributed by atoms with E-state index in [4.69, 9.17) is 5.26 Å². The van der Waals surface area contributed by atoms with E-state index in [0.717, 1.165) is 4.88 Å². The topological polar surface area (TPSA) is 93.4 Å². The number of nitrogens with one attached hydrogen (secondary N) is 1. The molecule has 1 heterocycles. The van der Waals surface area contributed by atoms with Crippen LogP contribution < -0.4 is 5.32 Å². The zero-order valence-electron chi connectivity index (χ0n) is 12.1. The van der Waals surface area contributed by atoms with Crippen molar-refractivity contribution in [2.24, 2.45) is 0 Å². The smallest absolute Gasteiger partial charge is 0.262 e. The first kappa shape index (κ1) is 16.3. The molecule has 0 aliphatic carbocycles. The monoisotopic (exact) mass is 326 g/mol. The van der Waals surface area contributed by atoms with Gasteiger partial charge in [0.2, 0.25) is 0 Å². The number of hydrogen-bond donors (Lipinski definition) is 3. The highest BCUT2D eigenvalue weighted by Gasteiger charge is 2.08. The first-order chi connectivity index (χ1) is 11.1. The molecular weight excluding hydrogens is 312 g/mol. The lowest BCUT2D eigenvalue weighted by atomic mass is 10.2. The summed E-state index contributed by atoms with van der Waals surface area (Å²) in [7, 11) is 0. The van der Waals surface area contributed by atoms with Crippen molar-refractivity contribution in [3.8, 4) is 17.6 Å². The molecule has 0 aliphatic heterocycles. The van der Waals surface area contributed by atoms with Crippen LogP contribution in [0.3, 0.4) is 0 Å². The number of nitriles is 1. The van der Waals surface area contributed by atoms with Crippen molar-refractivity contribution in [2.45, 2.75) is 6.54 Å². The van der Waals surface area contributed by atoms with Crippen LogP contribution in [0.15, 0.2) is 53.4 Å². The average Bonchev–Trinajstić information content (AvgIpc) is 3.06. The molecule has 0 saturated heterocycles. The molecule has 1 aromatic heterocycles. The molecule has 1 aromatic carbocycles. The molecule has 23 heavy (non-hydrogen) atoms. The maximum Gasteiger partial charge on any atom is 0.262 e. The van der Waals surface area contributed by atoms with Gasteiger partial charge in [-0.1, -0.05) is 18.2 Å². The van der Waals surface area contributed by atoms with E-state index in [-0.39, 0.29) is 23.6 Å². The predicted octanol–water partition coefficient (Wildman–Crippen LogP) is 2.94. The van der Waals surface area contributed by atoms with Gasteiger partial charge in [-0.05, 0) is 41.3 Å². The number of phenolic OH excluding ortho intramolecular Hbond substituents is 2. The number of carbonyl (C=O) groups excluding carboxylic acids is 1. The van der Waals surface area contributed by atoms with Crippen LogP contribution in [-0.4, -0.2) is 16.1 Å². The fourth-order valence-electron chi connectivity index (χ4n) is 1.75. The van der Waals surface area contributed by atoms with Crippen molar-refractivity contribution in [1.82, 2.24) is 5.32 Å². The number of thiophene rings is 1. The van der Waals surface area contributed by atoms with E-state index in [9.17, 15) is 15.0 Å². The van der Waals surface area contributed by atoms with Gasteiger partial charge < -0.3 is 15.5 Å². The van der Waals surface area contributed by atoms with E-state index >= 15 is 0 Å². The van der Waals surface area contributed by atoms with Crippen LogP contribution in [0.5, 0.6) is 11.5 Å². The van der Waals surface area contributed by atoms with Crippen LogP contribution in [0.4, 0.5) is 0 Å². The fraction of sp³-hybridized carbons (Fsp3) is 0.0588. The summed E-state index contributed by atoms with van der Waals surface area (Å²) in [5.41, 5.74) is 0.598. The Balaban J connectivity index is 1.97. The number of carbonyl (C=O) groups is 1. The summed E-state index contributed by atoms with van der Waals surface area (Å²) in [6.45, 7) is 0.139. The predicted molar refractivity (Wildman–Crippen MR) is 88.7 cm³/mol. The van der Waals surface area contributed by atoms with Crippen LogP contribution in [-0.2, 0) is 11.3 Å². The van der Waals surface area contributed by atoms with E-state index in [0.29, 0.717) is 5.56 Å². The van der Waals surface area contributed by atoms with Gasteiger partial charge in [0.15, 0.2) is 11.5 Å². The molecule has 0 unspecified atom stereocenters. The molecule has 0 bridgehead atoms. The summed E-state index contributed by atoms with van der Waals surface area (Å²) in [6, 6.07) is 9.95. The second-order valence-electron chi connectivity index (χ2n) is 4.57. The van der Waals surface area contributed by atoms with Crippen LogP contribution in [0.2, 0.25) is 0 Å². The molecule has 6 heteroatoms. The zero-order valence-corrected chi connectivity index (χ0v) is 12.9. The van der Waals surface area contributed by atoms with Crippen LogP contribution >= 0.6 is 11.3 Å². The van der Waals surface area contributed by atoms with E-state index in [2.05, 4.69) is 5.32 Å². The Morgan fingerprint density at radius 3 is 2.78 bits per heavy atom. The van der Waals surface area contributed by atoms with Crippen LogP contribution in [0.25, 0.3) is 6.08 Å². The Morgan fingerprint density at radius 1 is 1.30 bits per heavy atom. The van der Waals surface area contributed by atoms with Crippen molar-refractivity contribution in [3.63, 3.8) is 0 Å². The number of aromatic hydroxyl groups is 2. The molecule has 5 nitrogen and oxygen atoms in total. The van der Waals surface area contributed by atoms with Crippen LogP contribution in [0, 0.1) is 11.3 Å². The third-order valence-corrected chi connectivity index (χ3v) is 3.76. The molecule has 0 atom stereocenters. The quantitative estimate of drug-likeness (QED) is 0.341. The Bertz CT molecular complexity index is 787. The van der Waals surface area contributed by atoms with Crippen LogP contribution in [0.1, 0.15) is 10.4 Å². The summed E-state index contributed by atoms with van der Waals surface area (Å²) in [5, 5.41) is 32.2. The highest BCUT2D eigenvalue weighted by molar-refractivity contribution is 7.10. The summed E-state index contributed by atoms with van der Waals surface area (Å²) in [4.78, 5) is 13.0. The first-order valence-corrected chi connectivity index (χ1v) is 7.59. The van der Waals surface area contributed by atoms with Gasteiger partial charge in [-0.15, -0.1) is 11.3 Å². The Kier molecular flexibility index (Phi) is 5.56. The molecule has 116 valence electrons. The molecule has 0 spiro atoms. The molecule has 2 aromatic rings. The van der Waals surface area contributed by atoms with E-state index in [1.165, 1.54) is 18.2 Å². The third kappa shape index (κ3) is 4.73.